The molecular formula is C18H21NO4. The highest BCUT2D eigenvalue weighted by molar-refractivity contribution is 6.04. The molecule has 1 amide bonds. The molecule has 0 heterocycles. The summed E-state index contributed by atoms with van der Waals surface area (Å²) in [5.74, 6) is 1.59. The van der Waals surface area contributed by atoms with E-state index in [0.29, 0.717) is 28.5 Å². The number of anilines is 1. The molecule has 1 N–H and O–H groups in total. The molecule has 0 aliphatic rings. The lowest BCUT2D eigenvalue weighted by molar-refractivity contribution is 0.102. The number of nitrogens with one attached hydrogen (secondary N) is 1. The Labute approximate surface area is 136 Å². The number of carbonyl (C=O) groups excluding carboxylic acids is 1. The van der Waals surface area contributed by atoms with Crippen LogP contribution in [0.15, 0.2) is 42.5 Å². The fraction of sp³-hybridized carbons (Fsp3) is 0.278. The van der Waals surface area contributed by atoms with Crippen LogP contribution in [0.3, 0.4) is 0 Å². The van der Waals surface area contributed by atoms with Gasteiger partial charge in [0.15, 0.2) is 11.5 Å². The standard InChI is InChI=1S/C18H21NO4/c1-12(2)23-16-9-8-13(10-17(16)22-4)18(20)19-14-6-5-7-15(11-14)21-3/h5-12H,1-4H3,(H,19,20). The van der Waals surface area contributed by atoms with Crippen LogP contribution < -0.4 is 19.5 Å². The second kappa shape index (κ2) is 7.54. The van der Waals surface area contributed by atoms with Crippen molar-refractivity contribution in [2.75, 3.05) is 19.5 Å². The predicted octanol–water partition coefficient (Wildman–Crippen LogP) is 3.74. The minimum absolute atomic E-state index is 0.0281. The smallest absolute Gasteiger partial charge is 0.255 e. The summed E-state index contributed by atoms with van der Waals surface area (Å²) in [6.45, 7) is 3.87. The summed E-state index contributed by atoms with van der Waals surface area (Å²) in [6.07, 6.45) is 0.0281. The second-order valence-corrected chi connectivity index (χ2v) is 5.22. The molecule has 0 aromatic heterocycles. The number of carbonyl (C=O) groups is 1. The van der Waals surface area contributed by atoms with Gasteiger partial charge in [0.2, 0.25) is 0 Å². The van der Waals surface area contributed by atoms with Crippen LogP contribution in [0.1, 0.15) is 24.2 Å². The Bertz CT molecular complexity index is 682. The third kappa shape index (κ3) is 4.39. The van der Waals surface area contributed by atoms with E-state index < -0.39 is 0 Å². The van der Waals surface area contributed by atoms with Gasteiger partial charge in [0, 0.05) is 17.3 Å². The van der Waals surface area contributed by atoms with E-state index in [1.165, 1.54) is 0 Å². The van der Waals surface area contributed by atoms with E-state index >= 15 is 0 Å². The maximum absolute atomic E-state index is 12.4. The summed E-state index contributed by atoms with van der Waals surface area (Å²) in [5.41, 5.74) is 1.15. The van der Waals surface area contributed by atoms with Gasteiger partial charge in [0.25, 0.3) is 5.91 Å². The van der Waals surface area contributed by atoms with Gasteiger partial charge in [-0.2, -0.15) is 0 Å². The number of benzene rings is 2. The average Bonchev–Trinajstić information content (AvgIpc) is 2.54. The van der Waals surface area contributed by atoms with E-state index in [1.807, 2.05) is 26.0 Å². The molecule has 2 rings (SSSR count). The summed E-state index contributed by atoms with van der Waals surface area (Å²) >= 11 is 0. The molecule has 0 aliphatic carbocycles. The van der Waals surface area contributed by atoms with Crippen molar-refractivity contribution in [1.82, 2.24) is 0 Å². The van der Waals surface area contributed by atoms with Gasteiger partial charge >= 0.3 is 0 Å². The van der Waals surface area contributed by atoms with Gasteiger partial charge < -0.3 is 19.5 Å². The maximum atomic E-state index is 12.4. The lowest BCUT2D eigenvalue weighted by Gasteiger charge is -2.14. The quantitative estimate of drug-likeness (QED) is 0.882. The largest absolute Gasteiger partial charge is 0.497 e. The van der Waals surface area contributed by atoms with E-state index in [9.17, 15) is 4.79 Å². The number of ether oxygens (including phenoxy) is 3. The minimum Gasteiger partial charge on any atom is -0.497 e. The fourth-order valence-electron chi connectivity index (χ4n) is 2.06. The lowest BCUT2D eigenvalue weighted by Crippen LogP contribution is -2.13. The topological polar surface area (TPSA) is 56.8 Å². The van der Waals surface area contributed by atoms with E-state index in [-0.39, 0.29) is 12.0 Å². The summed E-state index contributed by atoms with van der Waals surface area (Å²) in [7, 11) is 3.13. The zero-order valence-corrected chi connectivity index (χ0v) is 13.8. The molecular weight excluding hydrogens is 294 g/mol. The molecule has 0 unspecified atom stereocenters. The Kier molecular flexibility index (Phi) is 5.46. The van der Waals surface area contributed by atoms with Crippen LogP contribution in [0.4, 0.5) is 5.69 Å². The van der Waals surface area contributed by atoms with Gasteiger partial charge in [0.05, 0.1) is 20.3 Å². The van der Waals surface area contributed by atoms with Crippen molar-refractivity contribution in [2.24, 2.45) is 0 Å². The van der Waals surface area contributed by atoms with Gasteiger partial charge in [-0.15, -0.1) is 0 Å². The number of methoxy groups -OCH3 is 2. The summed E-state index contributed by atoms with van der Waals surface area (Å²) in [5, 5.41) is 2.83. The number of amides is 1. The molecule has 5 nitrogen and oxygen atoms in total. The molecule has 0 radical (unpaired) electrons. The second-order valence-electron chi connectivity index (χ2n) is 5.22. The molecule has 0 atom stereocenters. The highest BCUT2D eigenvalue weighted by Crippen LogP contribution is 2.29. The molecule has 0 saturated heterocycles. The highest BCUT2D eigenvalue weighted by atomic mass is 16.5. The minimum atomic E-state index is -0.229. The zero-order chi connectivity index (χ0) is 16.8. The van der Waals surface area contributed by atoms with E-state index in [0.717, 1.165) is 0 Å². The first-order chi connectivity index (χ1) is 11.0. The van der Waals surface area contributed by atoms with Crippen LogP contribution in [0.2, 0.25) is 0 Å². The molecule has 122 valence electrons. The van der Waals surface area contributed by atoms with Gasteiger partial charge in [-0.3, -0.25) is 4.79 Å². The van der Waals surface area contributed by atoms with Crippen LogP contribution in [-0.4, -0.2) is 26.2 Å². The molecule has 5 heteroatoms. The van der Waals surface area contributed by atoms with Crippen LogP contribution in [0.25, 0.3) is 0 Å². The van der Waals surface area contributed by atoms with Gasteiger partial charge in [-0.25, -0.2) is 0 Å². The Balaban J connectivity index is 2.18. The van der Waals surface area contributed by atoms with E-state index in [4.69, 9.17) is 14.2 Å². The van der Waals surface area contributed by atoms with Gasteiger partial charge in [-0.1, -0.05) is 6.07 Å². The third-order valence-electron chi connectivity index (χ3n) is 3.12. The predicted molar refractivity (Wildman–Crippen MR) is 89.7 cm³/mol. The first kappa shape index (κ1) is 16.7. The van der Waals surface area contributed by atoms with Crippen molar-refractivity contribution in [3.8, 4) is 17.2 Å². The zero-order valence-electron chi connectivity index (χ0n) is 13.8. The molecule has 0 fully saturated rings. The van der Waals surface area contributed by atoms with Crippen molar-refractivity contribution < 1.29 is 19.0 Å². The lowest BCUT2D eigenvalue weighted by atomic mass is 10.1. The molecule has 0 bridgehead atoms. The first-order valence-electron chi connectivity index (χ1n) is 7.33. The summed E-state index contributed by atoms with van der Waals surface area (Å²) < 4.78 is 16.1. The Morgan fingerprint density at radius 1 is 1.00 bits per heavy atom. The first-order valence-corrected chi connectivity index (χ1v) is 7.33. The average molecular weight is 315 g/mol. The van der Waals surface area contributed by atoms with Crippen LogP contribution in [-0.2, 0) is 0 Å². The summed E-state index contributed by atoms with van der Waals surface area (Å²) in [4.78, 5) is 12.4. The van der Waals surface area contributed by atoms with Gasteiger partial charge in [0.1, 0.15) is 5.75 Å². The Morgan fingerprint density at radius 3 is 2.43 bits per heavy atom. The van der Waals surface area contributed by atoms with E-state index in [1.54, 1.807) is 44.6 Å². The molecule has 2 aromatic rings. The normalized spacial score (nSPS) is 10.3. The molecule has 23 heavy (non-hydrogen) atoms. The highest BCUT2D eigenvalue weighted by Gasteiger charge is 2.12. The number of hydrogen-bond acceptors (Lipinski definition) is 4. The van der Waals surface area contributed by atoms with Crippen LogP contribution >= 0.6 is 0 Å². The Morgan fingerprint density at radius 2 is 1.78 bits per heavy atom. The van der Waals surface area contributed by atoms with Crippen molar-refractivity contribution in [1.29, 1.82) is 0 Å². The van der Waals surface area contributed by atoms with Crippen molar-refractivity contribution >= 4 is 11.6 Å². The number of rotatable bonds is 6. The third-order valence-corrected chi connectivity index (χ3v) is 3.12. The van der Waals surface area contributed by atoms with Crippen molar-refractivity contribution in [3.05, 3.63) is 48.0 Å². The Hall–Kier alpha value is -2.69. The molecule has 0 spiro atoms. The van der Waals surface area contributed by atoms with Crippen LogP contribution in [0.5, 0.6) is 17.2 Å². The SMILES string of the molecule is COc1cccc(NC(=O)c2ccc(OC(C)C)c(OC)c2)c1. The molecule has 0 saturated carbocycles. The monoisotopic (exact) mass is 315 g/mol. The fourth-order valence-corrected chi connectivity index (χ4v) is 2.06. The van der Waals surface area contributed by atoms with Crippen molar-refractivity contribution in [3.63, 3.8) is 0 Å². The van der Waals surface area contributed by atoms with Crippen LogP contribution in [0, 0.1) is 0 Å². The number of hydrogen-bond donors (Lipinski definition) is 1. The van der Waals surface area contributed by atoms with Gasteiger partial charge in [-0.05, 0) is 44.2 Å². The molecule has 2 aromatic carbocycles. The van der Waals surface area contributed by atoms with E-state index in [2.05, 4.69) is 5.32 Å². The molecule has 0 aliphatic heterocycles. The van der Waals surface area contributed by atoms with Crippen molar-refractivity contribution in [2.45, 2.75) is 20.0 Å². The summed E-state index contributed by atoms with van der Waals surface area (Å²) in [6, 6.07) is 12.3. The maximum Gasteiger partial charge on any atom is 0.255 e.